The number of carbonyl (C=O) groups excluding carboxylic acids is 1. The summed E-state index contributed by atoms with van der Waals surface area (Å²) < 4.78 is 83.0. The summed E-state index contributed by atoms with van der Waals surface area (Å²) in [5.74, 6) is -1.24. The van der Waals surface area contributed by atoms with Crippen LogP contribution < -0.4 is 10.5 Å². The highest BCUT2D eigenvalue weighted by Gasteiger charge is 2.32. The topological polar surface area (TPSA) is 57.2 Å². The molecule has 2 N–H and O–H groups in total. The molecule has 0 aliphatic heterocycles. The number of nitrogens with zero attached hydrogens (tertiary/aromatic N) is 1. The van der Waals surface area contributed by atoms with E-state index in [9.17, 15) is 31.1 Å². The van der Waals surface area contributed by atoms with Crippen LogP contribution in [0.15, 0.2) is 54.6 Å². The van der Waals surface area contributed by atoms with Crippen LogP contribution in [-0.2, 0) is 12.7 Å². The van der Waals surface area contributed by atoms with Crippen molar-refractivity contribution in [2.24, 2.45) is 5.73 Å². The summed E-state index contributed by atoms with van der Waals surface area (Å²) in [5, 5.41) is 0.552. The third kappa shape index (κ3) is 4.08. The normalized spacial score (nSPS) is 12.4. The van der Waals surface area contributed by atoms with Gasteiger partial charge < -0.3 is 15.0 Å². The zero-order chi connectivity index (χ0) is 23.3. The summed E-state index contributed by atoms with van der Waals surface area (Å²) in [5.41, 5.74) is 5.41. The number of primary amides is 1. The van der Waals surface area contributed by atoms with Gasteiger partial charge in [-0.3, -0.25) is 4.79 Å². The first-order valence-corrected chi connectivity index (χ1v) is 9.12. The van der Waals surface area contributed by atoms with E-state index >= 15 is 0 Å². The molecule has 0 aliphatic carbocycles. The molecule has 3 aromatic carbocycles. The molecule has 0 bridgehead atoms. The Balaban J connectivity index is 1.94. The van der Waals surface area contributed by atoms with Crippen molar-refractivity contribution in [2.45, 2.75) is 19.1 Å². The summed E-state index contributed by atoms with van der Waals surface area (Å²) in [4.78, 5) is 11.9. The summed E-state index contributed by atoms with van der Waals surface area (Å²) >= 11 is 0. The van der Waals surface area contributed by atoms with Gasteiger partial charge in [-0.15, -0.1) is 13.2 Å². The molecule has 4 aromatic rings. The molecule has 165 valence electrons. The minimum absolute atomic E-state index is 0.0909. The fourth-order valence-electron chi connectivity index (χ4n) is 3.62. The number of ether oxygens (including phenoxy) is 1. The number of fused-ring (bicyclic) bond motifs is 3. The summed E-state index contributed by atoms with van der Waals surface area (Å²) in [7, 11) is 0. The Labute approximate surface area is 176 Å². The molecule has 32 heavy (non-hydrogen) atoms. The average Bonchev–Trinajstić information content (AvgIpc) is 2.99. The highest BCUT2D eigenvalue weighted by molar-refractivity contribution is 6.17. The van der Waals surface area contributed by atoms with Crippen LogP contribution in [0.25, 0.3) is 21.8 Å². The van der Waals surface area contributed by atoms with Gasteiger partial charge in [0, 0.05) is 22.9 Å². The Morgan fingerprint density at radius 1 is 1.00 bits per heavy atom. The van der Waals surface area contributed by atoms with E-state index in [0.717, 1.165) is 24.3 Å². The van der Waals surface area contributed by atoms with Gasteiger partial charge in [-0.05, 0) is 48.0 Å². The van der Waals surface area contributed by atoms with Gasteiger partial charge in [0.2, 0.25) is 5.91 Å². The van der Waals surface area contributed by atoms with Gasteiger partial charge in [0.1, 0.15) is 5.75 Å². The fraction of sp³-hybridized carbons (Fsp3) is 0.136. The molecule has 0 fully saturated rings. The van der Waals surface area contributed by atoms with Crippen LogP contribution in [0.2, 0.25) is 0 Å². The summed E-state index contributed by atoms with van der Waals surface area (Å²) in [6, 6.07) is 13.9. The van der Waals surface area contributed by atoms with Gasteiger partial charge in [-0.2, -0.15) is 13.2 Å². The number of amides is 1. The Morgan fingerprint density at radius 2 is 1.72 bits per heavy atom. The van der Waals surface area contributed by atoms with Crippen molar-refractivity contribution in [3.05, 3.63) is 77.4 Å². The van der Waals surface area contributed by atoms with Gasteiger partial charge in [0.05, 0.1) is 16.6 Å². The van der Waals surface area contributed by atoms with Crippen LogP contribution >= 0.6 is 0 Å². The smallest absolute Gasteiger partial charge is 0.406 e. The first-order chi connectivity index (χ1) is 14.9. The second kappa shape index (κ2) is 7.47. The molecule has 4 rings (SSSR count). The molecule has 1 aromatic heterocycles. The third-order valence-corrected chi connectivity index (χ3v) is 4.86. The van der Waals surface area contributed by atoms with Crippen molar-refractivity contribution in [1.29, 1.82) is 0 Å². The molecule has 1 radical (unpaired) electrons. The number of nitrogens with two attached hydrogens (primary N) is 1. The number of aromatic nitrogens is 1. The molecule has 0 saturated carbocycles. The van der Waals surface area contributed by atoms with Crippen LogP contribution in [0.3, 0.4) is 0 Å². The molecule has 1 amide bonds. The average molecular weight is 451 g/mol. The van der Waals surface area contributed by atoms with E-state index in [-0.39, 0.29) is 23.0 Å². The summed E-state index contributed by atoms with van der Waals surface area (Å²) in [6.45, 7) is -0.0909. The molecule has 0 aliphatic rings. The van der Waals surface area contributed by atoms with Crippen LogP contribution in [0, 0.1) is 6.07 Å². The Hall–Kier alpha value is -3.69. The van der Waals surface area contributed by atoms with Crippen molar-refractivity contribution in [2.75, 3.05) is 0 Å². The van der Waals surface area contributed by atoms with E-state index in [2.05, 4.69) is 10.8 Å². The number of rotatable bonds is 4. The standard InChI is InChI=1S/C22H13F6N2O2/c23-21(24,25)13-7-8-15-18(10-13)30(17-6-2-5-16(19(15)17)20(29)31)11-12-3-1-4-14(9-12)32-22(26,27)28/h1-7,9-10H,11H2,(H2,29,31). The van der Waals surface area contributed by atoms with E-state index in [0.29, 0.717) is 16.5 Å². The maximum atomic E-state index is 13.3. The van der Waals surface area contributed by atoms with E-state index in [4.69, 9.17) is 5.73 Å². The zero-order valence-electron chi connectivity index (χ0n) is 16.0. The monoisotopic (exact) mass is 451 g/mol. The van der Waals surface area contributed by atoms with E-state index in [1.807, 2.05) is 0 Å². The van der Waals surface area contributed by atoms with Crippen molar-refractivity contribution in [3.63, 3.8) is 0 Å². The van der Waals surface area contributed by atoms with Gasteiger partial charge >= 0.3 is 12.5 Å². The third-order valence-electron chi connectivity index (χ3n) is 4.86. The number of hydrogen-bond acceptors (Lipinski definition) is 2. The predicted molar refractivity (Wildman–Crippen MR) is 104 cm³/mol. The maximum Gasteiger partial charge on any atom is 0.573 e. The first-order valence-electron chi connectivity index (χ1n) is 9.12. The number of halogens is 6. The first kappa shape index (κ1) is 21.5. The van der Waals surface area contributed by atoms with Gasteiger partial charge in [0.25, 0.3) is 0 Å². The SMILES string of the molecule is NC(=O)c1cccc2c1c1[c]cc(C(F)(F)F)cc1n2Cc1cccc(OC(F)(F)F)c1. The minimum atomic E-state index is -4.89. The lowest BCUT2D eigenvalue weighted by Gasteiger charge is -2.12. The van der Waals surface area contributed by atoms with Crippen molar-refractivity contribution in [1.82, 2.24) is 4.57 Å². The predicted octanol–water partition coefficient (Wildman–Crippen LogP) is 5.66. The highest BCUT2D eigenvalue weighted by atomic mass is 19.4. The lowest BCUT2D eigenvalue weighted by Crippen LogP contribution is -2.17. The van der Waals surface area contributed by atoms with Crippen molar-refractivity contribution < 1.29 is 35.9 Å². The van der Waals surface area contributed by atoms with Crippen LogP contribution in [0.1, 0.15) is 21.5 Å². The quantitative estimate of drug-likeness (QED) is 0.407. The van der Waals surface area contributed by atoms with Gasteiger partial charge in [0.15, 0.2) is 0 Å². The Morgan fingerprint density at radius 3 is 2.38 bits per heavy atom. The van der Waals surface area contributed by atoms with Crippen molar-refractivity contribution in [3.8, 4) is 5.75 Å². The van der Waals surface area contributed by atoms with E-state index < -0.39 is 29.8 Å². The molecular formula is C22H13F6N2O2. The van der Waals surface area contributed by atoms with Gasteiger partial charge in [-0.25, -0.2) is 0 Å². The fourth-order valence-corrected chi connectivity index (χ4v) is 3.62. The van der Waals surface area contributed by atoms with Crippen LogP contribution in [0.5, 0.6) is 5.75 Å². The Bertz CT molecular complexity index is 1340. The summed E-state index contributed by atoms with van der Waals surface area (Å²) in [6.07, 6.45) is -9.53. The number of benzene rings is 3. The molecule has 0 saturated heterocycles. The molecule has 10 heteroatoms. The maximum absolute atomic E-state index is 13.3. The molecule has 4 nitrogen and oxygen atoms in total. The number of alkyl halides is 6. The lowest BCUT2D eigenvalue weighted by atomic mass is 10.0. The lowest BCUT2D eigenvalue weighted by molar-refractivity contribution is -0.274. The molecule has 1 heterocycles. The second-order valence-electron chi connectivity index (χ2n) is 6.99. The number of hydrogen-bond donors (Lipinski definition) is 1. The van der Waals surface area contributed by atoms with Crippen molar-refractivity contribution >= 4 is 27.7 Å². The molecule has 0 unspecified atom stereocenters. The number of carbonyl (C=O) groups is 1. The van der Waals surface area contributed by atoms with Crippen LogP contribution in [-0.4, -0.2) is 16.8 Å². The van der Waals surface area contributed by atoms with Crippen LogP contribution in [0.4, 0.5) is 26.3 Å². The zero-order valence-corrected chi connectivity index (χ0v) is 16.0. The van der Waals surface area contributed by atoms with E-state index in [1.165, 1.54) is 28.8 Å². The molecular weight excluding hydrogens is 438 g/mol. The highest BCUT2D eigenvalue weighted by Crippen LogP contribution is 2.37. The molecule has 0 atom stereocenters. The van der Waals surface area contributed by atoms with E-state index in [1.54, 1.807) is 6.07 Å². The van der Waals surface area contributed by atoms with Gasteiger partial charge in [-0.1, -0.05) is 18.2 Å². The molecule has 0 spiro atoms. The minimum Gasteiger partial charge on any atom is -0.406 e. The Kier molecular flexibility index (Phi) is 5.03. The largest absolute Gasteiger partial charge is 0.573 e. The second-order valence-corrected chi connectivity index (χ2v) is 6.99.